The Morgan fingerprint density at radius 1 is 0.793 bits per heavy atom. The maximum atomic E-state index is 13.0. The lowest BCUT2D eigenvalue weighted by atomic mass is 10.00. The van der Waals surface area contributed by atoms with Crippen LogP contribution >= 0.6 is 0 Å². The van der Waals surface area contributed by atoms with Crippen LogP contribution in [0.5, 0.6) is 11.5 Å². The summed E-state index contributed by atoms with van der Waals surface area (Å²) in [6.45, 7) is 0. The highest BCUT2D eigenvalue weighted by atomic mass is 16.5. The van der Waals surface area contributed by atoms with Crippen LogP contribution in [-0.4, -0.2) is 26.0 Å². The van der Waals surface area contributed by atoms with Crippen molar-refractivity contribution in [3.05, 3.63) is 95.6 Å². The Labute approximate surface area is 169 Å². The van der Waals surface area contributed by atoms with Crippen molar-refractivity contribution in [3.8, 4) is 11.5 Å². The zero-order valence-electron chi connectivity index (χ0n) is 16.3. The second kappa shape index (κ2) is 9.55. The van der Waals surface area contributed by atoms with Crippen LogP contribution in [0, 0.1) is 0 Å². The van der Waals surface area contributed by atoms with Crippen molar-refractivity contribution in [2.75, 3.05) is 14.2 Å². The normalized spacial score (nSPS) is 11.4. The van der Waals surface area contributed by atoms with Crippen molar-refractivity contribution in [2.24, 2.45) is 0 Å². The van der Waals surface area contributed by atoms with Gasteiger partial charge in [-0.05, 0) is 17.7 Å². The van der Waals surface area contributed by atoms with Crippen LogP contribution in [-0.2, 0) is 16.0 Å². The van der Waals surface area contributed by atoms with Gasteiger partial charge in [0.25, 0.3) is 0 Å². The Bertz CT molecular complexity index is 967. The highest BCUT2D eigenvalue weighted by Gasteiger charge is 2.26. The third kappa shape index (κ3) is 5.02. The van der Waals surface area contributed by atoms with Gasteiger partial charge in [-0.25, -0.2) is 0 Å². The van der Waals surface area contributed by atoms with Gasteiger partial charge in [0.1, 0.15) is 0 Å². The zero-order chi connectivity index (χ0) is 20.6. The minimum Gasteiger partial charge on any atom is -0.493 e. The van der Waals surface area contributed by atoms with Crippen LogP contribution in [0.1, 0.15) is 27.6 Å². The first kappa shape index (κ1) is 20.1. The van der Waals surface area contributed by atoms with Crippen molar-refractivity contribution >= 4 is 11.8 Å². The SMILES string of the molecule is COc1ccc(CC(=O)OC(C(=O)c2ccccc2)c2ccccc2)cc1OC. The lowest BCUT2D eigenvalue weighted by Crippen LogP contribution is -2.21. The molecule has 3 rings (SSSR count). The summed E-state index contributed by atoms with van der Waals surface area (Å²) >= 11 is 0. The van der Waals surface area contributed by atoms with Crippen LogP contribution in [0.3, 0.4) is 0 Å². The third-order valence-corrected chi connectivity index (χ3v) is 4.44. The third-order valence-electron chi connectivity index (χ3n) is 4.44. The average Bonchev–Trinajstić information content (AvgIpc) is 2.78. The lowest BCUT2D eigenvalue weighted by molar-refractivity contribution is -0.146. The smallest absolute Gasteiger partial charge is 0.311 e. The summed E-state index contributed by atoms with van der Waals surface area (Å²) in [5, 5.41) is 0. The summed E-state index contributed by atoms with van der Waals surface area (Å²) in [5.41, 5.74) is 1.81. The summed E-state index contributed by atoms with van der Waals surface area (Å²) < 4.78 is 16.1. The van der Waals surface area contributed by atoms with E-state index in [1.165, 1.54) is 7.11 Å². The Hall–Kier alpha value is -3.60. The molecule has 0 amide bonds. The van der Waals surface area contributed by atoms with Crippen molar-refractivity contribution in [1.82, 2.24) is 0 Å². The summed E-state index contributed by atoms with van der Waals surface area (Å²) in [7, 11) is 3.08. The molecule has 0 aliphatic rings. The summed E-state index contributed by atoms with van der Waals surface area (Å²) in [5.74, 6) is 0.330. The molecular weight excluding hydrogens is 368 g/mol. The molecule has 3 aromatic rings. The number of ether oxygens (including phenoxy) is 3. The van der Waals surface area contributed by atoms with E-state index in [1.54, 1.807) is 61.7 Å². The zero-order valence-corrected chi connectivity index (χ0v) is 16.3. The van der Waals surface area contributed by atoms with E-state index < -0.39 is 12.1 Å². The van der Waals surface area contributed by atoms with Gasteiger partial charge in [-0.2, -0.15) is 0 Å². The molecule has 0 spiro atoms. The molecule has 0 aliphatic heterocycles. The first-order chi connectivity index (χ1) is 14.1. The number of hydrogen-bond donors (Lipinski definition) is 0. The van der Waals surface area contributed by atoms with Crippen LogP contribution < -0.4 is 9.47 Å². The number of benzene rings is 3. The molecule has 0 aromatic heterocycles. The number of hydrogen-bond acceptors (Lipinski definition) is 5. The maximum Gasteiger partial charge on any atom is 0.311 e. The second-order valence-electron chi connectivity index (χ2n) is 6.38. The molecular formula is C24H22O5. The molecule has 1 unspecified atom stereocenters. The van der Waals surface area contributed by atoms with Crippen LogP contribution in [0.15, 0.2) is 78.9 Å². The summed E-state index contributed by atoms with van der Waals surface area (Å²) in [4.78, 5) is 25.6. The molecule has 29 heavy (non-hydrogen) atoms. The minimum atomic E-state index is -1.01. The monoisotopic (exact) mass is 390 g/mol. The van der Waals surface area contributed by atoms with E-state index in [4.69, 9.17) is 14.2 Å². The van der Waals surface area contributed by atoms with E-state index in [1.807, 2.05) is 24.3 Å². The molecule has 0 bridgehead atoms. The van der Waals surface area contributed by atoms with Gasteiger partial charge < -0.3 is 14.2 Å². The highest BCUT2D eigenvalue weighted by molar-refractivity contribution is 6.01. The standard InChI is InChI=1S/C24H22O5/c1-27-20-14-13-17(15-21(20)28-2)16-22(25)29-24(19-11-7-4-8-12-19)23(26)18-9-5-3-6-10-18/h3-15,24H,16H2,1-2H3. The molecule has 0 N–H and O–H groups in total. The van der Waals surface area contributed by atoms with Crippen LogP contribution in [0.4, 0.5) is 0 Å². The van der Waals surface area contributed by atoms with Gasteiger partial charge in [0.2, 0.25) is 5.78 Å². The first-order valence-corrected chi connectivity index (χ1v) is 9.17. The number of esters is 1. The Morgan fingerprint density at radius 2 is 1.41 bits per heavy atom. The van der Waals surface area contributed by atoms with Crippen molar-refractivity contribution in [2.45, 2.75) is 12.5 Å². The Kier molecular flexibility index (Phi) is 6.63. The van der Waals surface area contributed by atoms with E-state index in [2.05, 4.69) is 0 Å². The molecule has 5 heteroatoms. The van der Waals surface area contributed by atoms with E-state index in [9.17, 15) is 9.59 Å². The molecule has 5 nitrogen and oxygen atoms in total. The fourth-order valence-electron chi connectivity index (χ4n) is 2.98. The van der Waals surface area contributed by atoms with Gasteiger partial charge in [0.15, 0.2) is 17.6 Å². The van der Waals surface area contributed by atoms with E-state index in [0.717, 1.165) is 0 Å². The predicted octanol–water partition coefficient (Wildman–Crippen LogP) is 4.41. The molecule has 1 atom stereocenters. The lowest BCUT2D eigenvalue weighted by Gasteiger charge is -2.18. The number of methoxy groups -OCH3 is 2. The highest BCUT2D eigenvalue weighted by Crippen LogP contribution is 2.28. The number of rotatable bonds is 8. The van der Waals surface area contributed by atoms with E-state index >= 15 is 0 Å². The number of ketones is 1. The van der Waals surface area contributed by atoms with Gasteiger partial charge >= 0.3 is 5.97 Å². The largest absolute Gasteiger partial charge is 0.493 e. The van der Waals surface area contributed by atoms with E-state index in [-0.39, 0.29) is 12.2 Å². The first-order valence-electron chi connectivity index (χ1n) is 9.17. The molecule has 0 saturated carbocycles. The molecule has 148 valence electrons. The molecule has 0 aliphatic carbocycles. The van der Waals surface area contributed by atoms with Crippen LogP contribution in [0.25, 0.3) is 0 Å². The molecule has 0 fully saturated rings. The van der Waals surface area contributed by atoms with Gasteiger partial charge in [0, 0.05) is 11.1 Å². The Balaban J connectivity index is 1.81. The van der Waals surface area contributed by atoms with Crippen LogP contribution in [0.2, 0.25) is 0 Å². The molecule has 0 radical (unpaired) electrons. The fraction of sp³-hybridized carbons (Fsp3) is 0.167. The minimum absolute atomic E-state index is 0.00571. The van der Waals surface area contributed by atoms with Gasteiger partial charge in [0.05, 0.1) is 20.6 Å². The number of Topliss-reactive ketones (excluding diaryl/α,β-unsaturated/α-hetero) is 1. The summed E-state index contributed by atoms with van der Waals surface area (Å²) in [6, 6.07) is 23.0. The maximum absolute atomic E-state index is 13.0. The van der Waals surface area contributed by atoms with Crippen molar-refractivity contribution < 1.29 is 23.8 Å². The fourth-order valence-corrected chi connectivity index (χ4v) is 2.98. The predicted molar refractivity (Wildman–Crippen MR) is 109 cm³/mol. The van der Waals surface area contributed by atoms with Crippen molar-refractivity contribution in [1.29, 1.82) is 0 Å². The number of carbonyl (C=O) groups is 2. The average molecular weight is 390 g/mol. The van der Waals surface area contributed by atoms with Gasteiger partial charge in [-0.15, -0.1) is 0 Å². The second-order valence-corrected chi connectivity index (χ2v) is 6.38. The Morgan fingerprint density at radius 3 is 2.03 bits per heavy atom. The van der Waals surface area contributed by atoms with E-state index in [0.29, 0.717) is 28.2 Å². The molecule has 0 saturated heterocycles. The van der Waals surface area contributed by atoms with Gasteiger partial charge in [-0.3, -0.25) is 9.59 Å². The number of carbonyl (C=O) groups excluding carboxylic acids is 2. The quantitative estimate of drug-likeness (QED) is 0.421. The molecule has 3 aromatic carbocycles. The molecule has 0 heterocycles. The topological polar surface area (TPSA) is 61.8 Å². The summed E-state index contributed by atoms with van der Waals surface area (Å²) in [6.07, 6.45) is -1.00. The van der Waals surface area contributed by atoms with Crippen molar-refractivity contribution in [3.63, 3.8) is 0 Å². The van der Waals surface area contributed by atoms with Gasteiger partial charge in [-0.1, -0.05) is 66.7 Å².